The molecule has 3 aromatic rings. The van der Waals surface area contributed by atoms with Gasteiger partial charge in [-0.2, -0.15) is 5.10 Å². The first-order valence-corrected chi connectivity index (χ1v) is 12.7. The van der Waals surface area contributed by atoms with Gasteiger partial charge in [0.1, 0.15) is 0 Å². The van der Waals surface area contributed by atoms with Crippen LogP contribution in [0.25, 0.3) is 0 Å². The normalized spacial score (nSPS) is 20.9. The average Bonchev–Trinajstić information content (AvgIpc) is 3.33. The zero-order chi connectivity index (χ0) is 23.1. The third-order valence-corrected chi connectivity index (χ3v) is 7.80. The standard InChI is InChI=1S/C28H28BrN3O2/c1-33-26-9-5-8-23-25-18-24(21-10-12-22(29)13-11-21)30-32(25)28(34-27(23)26)14-16-31(17-15-28)19-20-6-3-2-4-7-20/h2-13,25H,14-19H2,1H3/t25-/m0/s1. The molecule has 34 heavy (non-hydrogen) atoms. The van der Waals surface area contributed by atoms with Crippen molar-refractivity contribution in [1.82, 2.24) is 9.91 Å². The maximum atomic E-state index is 6.86. The van der Waals surface area contributed by atoms with Crippen LogP contribution >= 0.6 is 15.9 Å². The number of halogens is 1. The smallest absolute Gasteiger partial charge is 0.200 e. The van der Waals surface area contributed by atoms with Crippen LogP contribution in [0.4, 0.5) is 0 Å². The summed E-state index contributed by atoms with van der Waals surface area (Å²) in [5.74, 6) is 1.69. The fourth-order valence-corrected chi connectivity index (χ4v) is 5.74. The Kier molecular flexibility index (Phi) is 5.58. The fourth-order valence-electron chi connectivity index (χ4n) is 5.48. The third-order valence-electron chi connectivity index (χ3n) is 7.27. The summed E-state index contributed by atoms with van der Waals surface area (Å²) in [7, 11) is 1.72. The fraction of sp³-hybridized carbons (Fsp3) is 0.321. The van der Waals surface area contributed by atoms with Crippen molar-refractivity contribution in [2.45, 2.75) is 37.6 Å². The number of rotatable bonds is 4. The van der Waals surface area contributed by atoms with Gasteiger partial charge in [0.2, 0.25) is 5.72 Å². The van der Waals surface area contributed by atoms with Crippen LogP contribution in [-0.2, 0) is 6.54 Å². The molecule has 6 heteroatoms. The Morgan fingerprint density at radius 3 is 2.50 bits per heavy atom. The van der Waals surface area contributed by atoms with Gasteiger partial charge in [0.15, 0.2) is 11.5 Å². The van der Waals surface area contributed by atoms with E-state index in [0.717, 1.165) is 66.1 Å². The molecular formula is C28H28BrN3O2. The summed E-state index contributed by atoms with van der Waals surface area (Å²) >= 11 is 3.55. The quantitative estimate of drug-likeness (QED) is 0.425. The zero-order valence-corrected chi connectivity index (χ0v) is 20.9. The van der Waals surface area contributed by atoms with Crippen molar-refractivity contribution in [2.75, 3.05) is 20.2 Å². The number of likely N-dealkylation sites (tertiary alicyclic amines) is 1. The molecule has 0 aliphatic carbocycles. The van der Waals surface area contributed by atoms with Crippen molar-refractivity contribution in [1.29, 1.82) is 0 Å². The SMILES string of the molecule is COc1cccc2c1OC1(CCN(Cc3ccccc3)CC1)N1N=C(c3ccc(Br)cc3)C[C@@H]21. The first-order chi connectivity index (χ1) is 16.6. The van der Waals surface area contributed by atoms with Crippen LogP contribution in [-0.4, -0.2) is 41.5 Å². The number of ether oxygens (including phenoxy) is 2. The summed E-state index contributed by atoms with van der Waals surface area (Å²) in [4.78, 5) is 2.52. The number of hydrogen-bond acceptors (Lipinski definition) is 5. The number of benzene rings is 3. The van der Waals surface area contributed by atoms with E-state index in [9.17, 15) is 0 Å². The molecule has 3 aliphatic rings. The maximum absolute atomic E-state index is 6.86. The highest BCUT2D eigenvalue weighted by molar-refractivity contribution is 9.10. The van der Waals surface area contributed by atoms with Crippen LogP contribution in [0.5, 0.6) is 11.5 Å². The Hall–Kier alpha value is -2.83. The topological polar surface area (TPSA) is 37.3 Å². The van der Waals surface area contributed by atoms with Crippen molar-refractivity contribution in [3.05, 3.63) is 94.0 Å². The van der Waals surface area contributed by atoms with Crippen molar-refractivity contribution in [3.63, 3.8) is 0 Å². The summed E-state index contributed by atoms with van der Waals surface area (Å²) in [5, 5.41) is 7.47. The Bertz CT molecular complexity index is 1200. The summed E-state index contributed by atoms with van der Waals surface area (Å²) in [6, 6.07) is 25.5. The van der Waals surface area contributed by atoms with E-state index in [1.165, 1.54) is 11.1 Å². The van der Waals surface area contributed by atoms with Crippen LogP contribution in [0.3, 0.4) is 0 Å². The molecule has 3 aliphatic heterocycles. The maximum Gasteiger partial charge on any atom is 0.200 e. The molecule has 3 heterocycles. The van der Waals surface area contributed by atoms with E-state index in [1.807, 2.05) is 6.07 Å². The second-order valence-electron chi connectivity index (χ2n) is 9.31. The van der Waals surface area contributed by atoms with Gasteiger partial charge in [-0.1, -0.05) is 70.5 Å². The highest BCUT2D eigenvalue weighted by Gasteiger charge is 2.52. The minimum Gasteiger partial charge on any atom is -0.493 e. The highest BCUT2D eigenvalue weighted by atomic mass is 79.9. The van der Waals surface area contributed by atoms with Crippen molar-refractivity contribution in [2.24, 2.45) is 5.10 Å². The Morgan fingerprint density at radius 2 is 1.76 bits per heavy atom. The van der Waals surface area contributed by atoms with Gasteiger partial charge in [0.25, 0.3) is 0 Å². The first-order valence-electron chi connectivity index (χ1n) is 11.9. The number of fused-ring (bicyclic) bond motifs is 4. The first kappa shape index (κ1) is 21.7. The average molecular weight is 518 g/mol. The summed E-state index contributed by atoms with van der Waals surface area (Å²) in [6.45, 7) is 2.89. The van der Waals surface area contributed by atoms with Crippen molar-refractivity contribution < 1.29 is 9.47 Å². The minimum atomic E-state index is -0.462. The molecule has 0 saturated carbocycles. The van der Waals surface area contributed by atoms with Gasteiger partial charge < -0.3 is 9.47 Å². The van der Waals surface area contributed by atoms with Gasteiger partial charge in [0.05, 0.1) is 18.9 Å². The van der Waals surface area contributed by atoms with E-state index in [-0.39, 0.29) is 6.04 Å². The lowest BCUT2D eigenvalue weighted by Crippen LogP contribution is -2.59. The van der Waals surface area contributed by atoms with Gasteiger partial charge in [-0.15, -0.1) is 0 Å². The van der Waals surface area contributed by atoms with Gasteiger partial charge in [-0.05, 0) is 29.3 Å². The number of methoxy groups -OCH3 is 1. The van der Waals surface area contributed by atoms with Gasteiger partial charge >= 0.3 is 0 Å². The molecule has 0 amide bonds. The minimum absolute atomic E-state index is 0.151. The number of para-hydroxylation sites is 1. The molecule has 0 radical (unpaired) electrons. The molecule has 1 atom stereocenters. The van der Waals surface area contributed by atoms with Gasteiger partial charge in [-0.25, -0.2) is 5.01 Å². The lowest BCUT2D eigenvalue weighted by molar-refractivity contribution is -0.151. The molecule has 5 nitrogen and oxygen atoms in total. The van der Waals surface area contributed by atoms with E-state index >= 15 is 0 Å². The van der Waals surface area contributed by atoms with E-state index in [2.05, 4.69) is 92.6 Å². The Labute approximate surface area is 209 Å². The molecule has 174 valence electrons. The van der Waals surface area contributed by atoms with Crippen molar-refractivity contribution >= 4 is 21.6 Å². The van der Waals surface area contributed by atoms with Crippen LogP contribution in [0.1, 0.15) is 42.0 Å². The molecule has 1 saturated heterocycles. The Balaban J connectivity index is 1.33. The summed E-state index contributed by atoms with van der Waals surface area (Å²) < 4.78 is 13.7. The largest absolute Gasteiger partial charge is 0.493 e. The van der Waals surface area contributed by atoms with E-state index in [1.54, 1.807) is 7.11 Å². The summed E-state index contributed by atoms with van der Waals surface area (Å²) in [6.07, 6.45) is 2.65. The molecule has 1 fully saturated rings. The number of hydrazone groups is 1. The molecule has 1 spiro atoms. The van der Waals surface area contributed by atoms with Crippen molar-refractivity contribution in [3.8, 4) is 11.5 Å². The summed E-state index contributed by atoms with van der Waals surface area (Å²) in [5.41, 5.74) is 4.33. The predicted octanol–water partition coefficient (Wildman–Crippen LogP) is 5.99. The number of hydrogen-bond donors (Lipinski definition) is 0. The third kappa shape index (κ3) is 3.79. The Morgan fingerprint density at radius 1 is 1.00 bits per heavy atom. The van der Waals surface area contributed by atoms with Crippen LogP contribution in [0.15, 0.2) is 82.4 Å². The van der Waals surface area contributed by atoms with Crippen LogP contribution < -0.4 is 9.47 Å². The van der Waals surface area contributed by atoms with E-state index in [4.69, 9.17) is 14.6 Å². The zero-order valence-electron chi connectivity index (χ0n) is 19.3. The second-order valence-corrected chi connectivity index (χ2v) is 10.2. The van der Waals surface area contributed by atoms with Crippen LogP contribution in [0, 0.1) is 0 Å². The molecule has 0 N–H and O–H groups in total. The van der Waals surface area contributed by atoms with E-state index < -0.39 is 5.72 Å². The molecule has 6 rings (SSSR count). The molecule has 3 aromatic carbocycles. The lowest BCUT2D eigenvalue weighted by Gasteiger charge is -2.51. The molecule has 0 bridgehead atoms. The molecule has 0 aromatic heterocycles. The number of piperidine rings is 1. The van der Waals surface area contributed by atoms with Crippen LogP contribution in [0.2, 0.25) is 0 Å². The monoisotopic (exact) mass is 517 g/mol. The highest BCUT2D eigenvalue weighted by Crippen LogP contribution is 2.52. The molecular weight excluding hydrogens is 490 g/mol. The second kappa shape index (κ2) is 8.75. The van der Waals surface area contributed by atoms with Gasteiger partial charge in [0, 0.05) is 48.9 Å². The van der Waals surface area contributed by atoms with E-state index in [0.29, 0.717) is 0 Å². The predicted molar refractivity (Wildman–Crippen MR) is 137 cm³/mol. The molecule has 0 unspecified atom stereocenters. The number of nitrogens with zero attached hydrogens (tertiary/aromatic N) is 3. The van der Waals surface area contributed by atoms with Gasteiger partial charge in [-0.3, -0.25) is 4.90 Å². The lowest BCUT2D eigenvalue weighted by atomic mass is 9.90.